The van der Waals surface area contributed by atoms with Gasteiger partial charge in [-0.1, -0.05) is 36.4 Å². The van der Waals surface area contributed by atoms with Crippen LogP contribution in [0.2, 0.25) is 0 Å². The Balaban J connectivity index is 1.39. The molecule has 0 unspecified atom stereocenters. The average molecular weight is 453 g/mol. The molecule has 170 valence electrons. The molecule has 0 bridgehead atoms. The number of carbonyl (C=O) groups is 1. The smallest absolute Gasteiger partial charge is 0.278 e. The minimum absolute atomic E-state index is 0.0730. The van der Waals surface area contributed by atoms with Crippen LogP contribution in [0, 0.1) is 11.6 Å². The molecule has 2 N–H and O–H groups in total. The van der Waals surface area contributed by atoms with Gasteiger partial charge >= 0.3 is 0 Å². The summed E-state index contributed by atoms with van der Waals surface area (Å²) < 4.78 is 34.5. The number of nitrogens with one attached hydrogen (secondary N) is 1. The Morgan fingerprint density at radius 1 is 1.06 bits per heavy atom. The summed E-state index contributed by atoms with van der Waals surface area (Å²) in [6, 6.07) is 12.7. The maximum atomic E-state index is 13.8. The molecular weight excluding hydrogens is 432 g/mol. The van der Waals surface area contributed by atoms with E-state index in [9.17, 15) is 23.5 Å². The number of aromatic nitrogens is 1. The molecule has 1 amide bonds. The lowest BCUT2D eigenvalue weighted by Gasteiger charge is -2.30. The van der Waals surface area contributed by atoms with E-state index in [4.69, 9.17) is 4.74 Å². The van der Waals surface area contributed by atoms with Crippen molar-refractivity contribution in [1.29, 1.82) is 0 Å². The molecule has 1 aromatic heterocycles. The van der Waals surface area contributed by atoms with Crippen molar-refractivity contribution in [2.45, 2.75) is 6.42 Å². The predicted molar refractivity (Wildman–Crippen MR) is 118 cm³/mol. The van der Waals surface area contributed by atoms with Gasteiger partial charge in [-0.3, -0.25) is 14.3 Å². The lowest BCUT2D eigenvalue weighted by molar-refractivity contribution is 0.0741. The van der Waals surface area contributed by atoms with Crippen LogP contribution < -0.4 is 15.6 Å². The highest BCUT2D eigenvalue weighted by atomic mass is 19.2. The predicted octanol–water partition coefficient (Wildman–Crippen LogP) is 3.01. The first-order chi connectivity index (χ1) is 15.9. The fourth-order valence-electron chi connectivity index (χ4n) is 3.46. The number of hydrogen-bond acceptors (Lipinski definition) is 5. The molecule has 1 aliphatic rings. The van der Waals surface area contributed by atoms with E-state index in [2.05, 4.69) is 5.43 Å². The molecule has 1 aliphatic heterocycles. The standard InChI is InChI=1S/C24H21F2N3O4/c25-18-13-17(12-16-6-2-1-3-7-16)21(14-19(18)26)33-11-5-4-9-28-15-27-29-10-8-20(30)23(31)22(29)24(28)32/h1-8,10,13-14,27,31H,9,11-12,15H2/b5-4-. The summed E-state index contributed by atoms with van der Waals surface area (Å²) >= 11 is 0. The molecule has 0 spiro atoms. The van der Waals surface area contributed by atoms with Gasteiger partial charge in [-0.2, -0.15) is 0 Å². The van der Waals surface area contributed by atoms with Crippen LogP contribution in [0.15, 0.2) is 71.7 Å². The second kappa shape index (κ2) is 9.56. The van der Waals surface area contributed by atoms with E-state index < -0.39 is 28.7 Å². The number of pyridine rings is 1. The van der Waals surface area contributed by atoms with E-state index in [1.165, 1.54) is 15.8 Å². The third-order valence-corrected chi connectivity index (χ3v) is 5.16. The highest BCUT2D eigenvalue weighted by Crippen LogP contribution is 2.25. The van der Waals surface area contributed by atoms with Crippen molar-refractivity contribution in [3.63, 3.8) is 0 Å². The van der Waals surface area contributed by atoms with E-state index in [-0.39, 0.29) is 31.3 Å². The van der Waals surface area contributed by atoms with Crippen molar-refractivity contribution < 1.29 is 23.4 Å². The number of aromatic hydroxyl groups is 1. The molecule has 2 heterocycles. The van der Waals surface area contributed by atoms with E-state index in [1.807, 2.05) is 30.3 Å². The van der Waals surface area contributed by atoms with Gasteiger partial charge in [0.25, 0.3) is 5.91 Å². The van der Waals surface area contributed by atoms with Crippen LogP contribution in [0.4, 0.5) is 8.78 Å². The number of benzene rings is 2. The van der Waals surface area contributed by atoms with Crippen molar-refractivity contribution in [1.82, 2.24) is 9.58 Å². The maximum Gasteiger partial charge on any atom is 0.278 e. The zero-order chi connectivity index (χ0) is 23.4. The summed E-state index contributed by atoms with van der Waals surface area (Å²) in [5, 5.41) is 9.92. The maximum absolute atomic E-state index is 13.8. The summed E-state index contributed by atoms with van der Waals surface area (Å²) in [5.41, 5.74) is 3.58. The monoisotopic (exact) mass is 453 g/mol. The van der Waals surface area contributed by atoms with Crippen molar-refractivity contribution in [3.8, 4) is 11.5 Å². The molecular formula is C24H21F2N3O4. The second-order valence-corrected chi connectivity index (χ2v) is 7.41. The highest BCUT2D eigenvalue weighted by molar-refractivity contribution is 5.96. The van der Waals surface area contributed by atoms with E-state index in [0.717, 1.165) is 23.8 Å². The van der Waals surface area contributed by atoms with Crippen LogP contribution >= 0.6 is 0 Å². The quantitative estimate of drug-likeness (QED) is 0.538. The van der Waals surface area contributed by atoms with Gasteiger partial charge in [0.2, 0.25) is 5.43 Å². The van der Waals surface area contributed by atoms with Crippen LogP contribution in [-0.2, 0) is 6.42 Å². The van der Waals surface area contributed by atoms with E-state index in [1.54, 1.807) is 12.2 Å². The Kier molecular flexibility index (Phi) is 6.39. The lowest BCUT2D eigenvalue weighted by atomic mass is 10.0. The topological polar surface area (TPSA) is 83.8 Å². The van der Waals surface area contributed by atoms with Gasteiger partial charge in [0.15, 0.2) is 23.1 Å². The SMILES string of the molecule is O=C1c2c(O)c(=O)ccn2NCN1C/C=C\COc1cc(F)c(F)cc1Cc1ccccc1. The van der Waals surface area contributed by atoms with Gasteiger partial charge in [0, 0.05) is 36.9 Å². The summed E-state index contributed by atoms with van der Waals surface area (Å²) in [5.74, 6) is -2.82. The second-order valence-electron chi connectivity index (χ2n) is 7.41. The van der Waals surface area contributed by atoms with Gasteiger partial charge in [0.05, 0.1) is 0 Å². The minimum Gasteiger partial charge on any atom is -0.502 e. The third kappa shape index (κ3) is 4.87. The Morgan fingerprint density at radius 3 is 2.61 bits per heavy atom. The molecule has 33 heavy (non-hydrogen) atoms. The first-order valence-corrected chi connectivity index (χ1v) is 10.2. The number of ether oxygens (including phenoxy) is 1. The van der Waals surface area contributed by atoms with Crippen LogP contribution in [-0.4, -0.2) is 40.4 Å². The first-order valence-electron chi connectivity index (χ1n) is 10.2. The number of hydrogen-bond donors (Lipinski definition) is 2. The van der Waals surface area contributed by atoms with Crippen molar-refractivity contribution >= 4 is 5.91 Å². The molecule has 4 rings (SSSR count). The summed E-state index contributed by atoms with van der Waals surface area (Å²) in [7, 11) is 0. The molecule has 0 saturated carbocycles. The van der Waals surface area contributed by atoms with Crippen LogP contribution in [0.25, 0.3) is 0 Å². The summed E-state index contributed by atoms with van der Waals surface area (Å²) in [6.45, 7) is 0.430. The molecule has 0 fully saturated rings. The van der Waals surface area contributed by atoms with Crippen LogP contribution in [0.1, 0.15) is 21.6 Å². The largest absolute Gasteiger partial charge is 0.502 e. The van der Waals surface area contributed by atoms with Crippen LogP contribution in [0.3, 0.4) is 0 Å². The Labute approximate surface area is 188 Å². The number of halogens is 2. The highest BCUT2D eigenvalue weighted by Gasteiger charge is 2.27. The summed E-state index contributed by atoms with van der Waals surface area (Å²) in [6.07, 6.45) is 5.08. The lowest BCUT2D eigenvalue weighted by Crippen LogP contribution is -2.46. The zero-order valence-electron chi connectivity index (χ0n) is 17.5. The molecule has 0 saturated heterocycles. The Hall–Kier alpha value is -4.14. The van der Waals surface area contributed by atoms with Crippen molar-refractivity contribution in [3.05, 3.63) is 106 Å². The van der Waals surface area contributed by atoms with Gasteiger partial charge in [-0.15, -0.1) is 0 Å². The molecule has 7 nitrogen and oxygen atoms in total. The van der Waals surface area contributed by atoms with Crippen molar-refractivity contribution in [2.75, 3.05) is 25.2 Å². The molecule has 0 atom stereocenters. The summed E-state index contributed by atoms with van der Waals surface area (Å²) in [4.78, 5) is 25.6. The van der Waals surface area contributed by atoms with E-state index in [0.29, 0.717) is 12.0 Å². The zero-order valence-corrected chi connectivity index (χ0v) is 17.5. The normalized spacial score (nSPS) is 13.2. The van der Waals surface area contributed by atoms with E-state index >= 15 is 0 Å². The molecule has 3 aromatic rings. The van der Waals surface area contributed by atoms with Gasteiger partial charge < -0.3 is 20.2 Å². The molecule has 9 heteroatoms. The first kappa shape index (κ1) is 22.1. The van der Waals surface area contributed by atoms with Gasteiger partial charge in [0.1, 0.15) is 19.0 Å². The number of amides is 1. The minimum atomic E-state index is -0.996. The third-order valence-electron chi connectivity index (χ3n) is 5.16. The fraction of sp³-hybridized carbons (Fsp3) is 0.167. The number of rotatable bonds is 7. The molecule has 0 aliphatic carbocycles. The number of nitrogens with zero attached hydrogens (tertiary/aromatic N) is 2. The fourth-order valence-corrected chi connectivity index (χ4v) is 3.46. The molecule has 0 radical (unpaired) electrons. The number of carbonyl (C=O) groups excluding carboxylic acids is 1. The average Bonchev–Trinajstić information content (AvgIpc) is 2.81. The Bertz CT molecular complexity index is 1260. The van der Waals surface area contributed by atoms with Crippen LogP contribution in [0.5, 0.6) is 11.5 Å². The number of fused-ring (bicyclic) bond motifs is 1. The molecule has 2 aromatic carbocycles. The van der Waals surface area contributed by atoms with Gasteiger partial charge in [-0.05, 0) is 17.7 Å². The van der Waals surface area contributed by atoms with Crippen molar-refractivity contribution in [2.24, 2.45) is 0 Å². The Morgan fingerprint density at radius 2 is 1.82 bits per heavy atom. The van der Waals surface area contributed by atoms with Gasteiger partial charge in [-0.25, -0.2) is 8.78 Å².